The number of benzene rings is 1. The monoisotopic (exact) mass is 418 g/mol. The van der Waals surface area contributed by atoms with Gasteiger partial charge in [0.05, 0.1) is 17.2 Å². The fourth-order valence-electron chi connectivity index (χ4n) is 4.41. The molecule has 1 fully saturated rings. The summed E-state index contributed by atoms with van der Waals surface area (Å²) in [4.78, 5) is 21.5. The van der Waals surface area contributed by atoms with E-state index in [9.17, 15) is 9.90 Å². The molecule has 5 rings (SSSR count). The number of carbonyl (C=O) groups excluding carboxylic acids is 1. The van der Waals surface area contributed by atoms with Crippen molar-refractivity contribution in [3.8, 4) is 0 Å². The third kappa shape index (κ3) is 3.67. The molecule has 0 unspecified atom stereocenters. The number of imidazole rings is 1. The first-order valence-electron chi connectivity index (χ1n) is 10.7. The lowest BCUT2D eigenvalue weighted by Gasteiger charge is -2.22. The Kier molecular flexibility index (Phi) is 4.74. The Balaban J connectivity index is 1.53. The maximum atomic E-state index is 13.0. The van der Waals surface area contributed by atoms with E-state index in [-0.39, 0.29) is 11.6 Å². The summed E-state index contributed by atoms with van der Waals surface area (Å²) in [6, 6.07) is 5.94. The lowest BCUT2D eigenvalue weighted by atomic mass is 9.95. The van der Waals surface area contributed by atoms with Gasteiger partial charge in [0.1, 0.15) is 6.33 Å². The first kappa shape index (κ1) is 19.7. The maximum Gasteiger partial charge on any atom is 0.278 e. The van der Waals surface area contributed by atoms with Crippen LogP contribution in [0.3, 0.4) is 0 Å². The van der Waals surface area contributed by atoms with Crippen molar-refractivity contribution in [3.05, 3.63) is 54.4 Å². The second-order valence-corrected chi connectivity index (χ2v) is 8.81. The minimum Gasteiger partial charge on any atom is -0.386 e. The zero-order valence-corrected chi connectivity index (χ0v) is 17.7. The van der Waals surface area contributed by atoms with Crippen LogP contribution in [0.2, 0.25) is 0 Å². The zero-order chi connectivity index (χ0) is 21.6. The second kappa shape index (κ2) is 7.46. The Labute approximate surface area is 179 Å². The number of nitrogens with one attached hydrogen (secondary N) is 1. The minimum absolute atomic E-state index is 0.236. The molecule has 8 heteroatoms. The molecular formula is C23H26N6O2. The average Bonchev–Trinajstić information content (AvgIpc) is 3.37. The van der Waals surface area contributed by atoms with E-state index in [4.69, 9.17) is 5.10 Å². The quantitative estimate of drug-likeness (QED) is 0.521. The smallest absolute Gasteiger partial charge is 0.278 e. The molecule has 8 nitrogen and oxygen atoms in total. The Morgan fingerprint density at radius 3 is 2.77 bits per heavy atom. The molecule has 0 bridgehead atoms. The molecular weight excluding hydrogens is 392 g/mol. The normalized spacial score (nSPS) is 15.6. The molecule has 160 valence electrons. The largest absolute Gasteiger partial charge is 0.386 e. The summed E-state index contributed by atoms with van der Waals surface area (Å²) in [6.45, 7) is 3.41. The van der Waals surface area contributed by atoms with Crippen molar-refractivity contribution in [3.63, 3.8) is 0 Å². The van der Waals surface area contributed by atoms with Gasteiger partial charge in [-0.1, -0.05) is 19.3 Å². The van der Waals surface area contributed by atoms with Crippen molar-refractivity contribution < 1.29 is 9.90 Å². The van der Waals surface area contributed by atoms with Crippen LogP contribution in [0.1, 0.15) is 68.0 Å². The Morgan fingerprint density at radius 2 is 2.00 bits per heavy atom. The molecule has 3 heterocycles. The van der Waals surface area contributed by atoms with Crippen molar-refractivity contribution in [1.29, 1.82) is 0 Å². The highest BCUT2D eigenvalue weighted by atomic mass is 16.3. The average molecular weight is 419 g/mol. The van der Waals surface area contributed by atoms with Crippen LogP contribution in [0.15, 0.2) is 43.1 Å². The standard InChI is InChI=1S/C23H26N6O2/c1-23(2,31)17-12-18-15(13-29(27-18)16-7-4-3-5-8-16)11-19(17)26-22(30)20-21-24-9-6-10-28(21)14-25-20/h6,9-14,16,31H,3-5,7-8H2,1-2H3,(H,26,30). The van der Waals surface area contributed by atoms with Crippen molar-refractivity contribution >= 4 is 28.1 Å². The summed E-state index contributed by atoms with van der Waals surface area (Å²) in [6.07, 6.45) is 13.0. The van der Waals surface area contributed by atoms with Crippen molar-refractivity contribution in [2.45, 2.75) is 57.6 Å². The number of hydrogen-bond donors (Lipinski definition) is 2. The van der Waals surface area contributed by atoms with Crippen LogP contribution in [0.5, 0.6) is 0 Å². The predicted molar refractivity (Wildman–Crippen MR) is 118 cm³/mol. The summed E-state index contributed by atoms with van der Waals surface area (Å²) < 4.78 is 3.75. The molecule has 0 atom stereocenters. The van der Waals surface area contributed by atoms with Crippen molar-refractivity contribution in [2.24, 2.45) is 0 Å². The van der Waals surface area contributed by atoms with Gasteiger partial charge in [-0.05, 0) is 44.9 Å². The molecule has 1 aliphatic rings. The third-order valence-corrected chi connectivity index (χ3v) is 6.03. The molecule has 0 spiro atoms. The minimum atomic E-state index is -1.15. The van der Waals surface area contributed by atoms with Crippen LogP contribution in [0.25, 0.3) is 16.6 Å². The van der Waals surface area contributed by atoms with Crippen LogP contribution < -0.4 is 5.32 Å². The number of amides is 1. The van der Waals surface area contributed by atoms with Gasteiger partial charge in [0.2, 0.25) is 0 Å². The molecule has 1 saturated carbocycles. The van der Waals surface area contributed by atoms with Gasteiger partial charge in [-0.3, -0.25) is 13.9 Å². The summed E-state index contributed by atoms with van der Waals surface area (Å²) in [5, 5.41) is 19.4. The van der Waals surface area contributed by atoms with E-state index in [1.807, 2.05) is 18.3 Å². The van der Waals surface area contributed by atoms with E-state index < -0.39 is 5.60 Å². The van der Waals surface area contributed by atoms with E-state index in [2.05, 4.69) is 20.0 Å². The summed E-state index contributed by atoms with van der Waals surface area (Å²) in [5.41, 5.74) is 1.54. The van der Waals surface area contributed by atoms with Crippen LogP contribution in [-0.2, 0) is 5.60 Å². The van der Waals surface area contributed by atoms with Gasteiger partial charge in [0.25, 0.3) is 5.91 Å². The molecule has 4 aromatic rings. The van der Waals surface area contributed by atoms with Gasteiger partial charge in [-0.15, -0.1) is 0 Å². The van der Waals surface area contributed by atoms with Crippen molar-refractivity contribution in [2.75, 3.05) is 5.32 Å². The summed E-state index contributed by atoms with van der Waals surface area (Å²) in [5.74, 6) is -0.370. The number of aliphatic hydroxyl groups is 1. The van der Waals surface area contributed by atoms with Crippen LogP contribution in [0.4, 0.5) is 5.69 Å². The number of anilines is 1. The lowest BCUT2D eigenvalue weighted by Crippen LogP contribution is -2.21. The molecule has 1 aromatic carbocycles. The van der Waals surface area contributed by atoms with E-state index in [1.165, 1.54) is 19.3 Å². The topological polar surface area (TPSA) is 97.3 Å². The second-order valence-electron chi connectivity index (χ2n) is 8.81. The van der Waals surface area contributed by atoms with Crippen LogP contribution >= 0.6 is 0 Å². The number of carbonyl (C=O) groups is 1. The molecule has 31 heavy (non-hydrogen) atoms. The van der Waals surface area contributed by atoms with Gasteiger partial charge in [0.15, 0.2) is 11.3 Å². The Bertz CT molecular complexity index is 1260. The first-order chi connectivity index (χ1) is 14.9. The summed E-state index contributed by atoms with van der Waals surface area (Å²) in [7, 11) is 0. The maximum absolute atomic E-state index is 13.0. The molecule has 2 N–H and O–H groups in total. The van der Waals surface area contributed by atoms with Gasteiger partial charge in [0, 0.05) is 35.2 Å². The van der Waals surface area contributed by atoms with E-state index in [0.29, 0.717) is 22.9 Å². The molecule has 0 aliphatic heterocycles. The number of rotatable bonds is 4. The first-order valence-corrected chi connectivity index (χ1v) is 10.7. The fourth-order valence-corrected chi connectivity index (χ4v) is 4.41. The highest BCUT2D eigenvalue weighted by Gasteiger charge is 2.25. The zero-order valence-electron chi connectivity index (χ0n) is 17.7. The van der Waals surface area contributed by atoms with E-state index >= 15 is 0 Å². The number of nitrogens with zero attached hydrogens (tertiary/aromatic N) is 5. The number of fused-ring (bicyclic) bond motifs is 2. The number of hydrogen-bond acceptors (Lipinski definition) is 5. The lowest BCUT2D eigenvalue weighted by molar-refractivity contribution is 0.0794. The molecule has 1 amide bonds. The highest BCUT2D eigenvalue weighted by molar-refractivity contribution is 6.08. The van der Waals surface area contributed by atoms with E-state index in [1.54, 1.807) is 43.0 Å². The van der Waals surface area contributed by atoms with Crippen molar-refractivity contribution in [1.82, 2.24) is 24.1 Å². The van der Waals surface area contributed by atoms with Crippen LogP contribution in [-0.4, -0.2) is 35.2 Å². The Morgan fingerprint density at radius 1 is 1.19 bits per heavy atom. The van der Waals surface area contributed by atoms with Gasteiger partial charge >= 0.3 is 0 Å². The molecule has 0 radical (unpaired) electrons. The SMILES string of the molecule is CC(C)(O)c1cc2nn(C3CCCCC3)cc2cc1NC(=O)c1ncn2cccnc12. The fraction of sp³-hybridized carbons (Fsp3) is 0.391. The third-order valence-electron chi connectivity index (χ3n) is 6.03. The van der Waals surface area contributed by atoms with Gasteiger partial charge < -0.3 is 10.4 Å². The summed E-state index contributed by atoms with van der Waals surface area (Å²) >= 11 is 0. The van der Waals surface area contributed by atoms with Crippen LogP contribution in [0, 0.1) is 0 Å². The predicted octanol–water partition coefficient (Wildman–Crippen LogP) is 4.06. The van der Waals surface area contributed by atoms with Gasteiger partial charge in [-0.2, -0.15) is 5.10 Å². The van der Waals surface area contributed by atoms with E-state index in [0.717, 1.165) is 23.7 Å². The molecule has 0 saturated heterocycles. The highest BCUT2D eigenvalue weighted by Crippen LogP contribution is 2.34. The molecule has 1 aliphatic carbocycles. The van der Waals surface area contributed by atoms with Gasteiger partial charge in [-0.25, -0.2) is 9.97 Å². The Hall–Kier alpha value is -3.26. The number of aromatic nitrogens is 5. The molecule has 3 aromatic heterocycles.